The molecule has 0 aliphatic carbocycles. The van der Waals surface area contributed by atoms with E-state index < -0.39 is 8.56 Å². The Hall–Kier alpha value is -0.173. The van der Waals surface area contributed by atoms with Crippen LogP contribution in [0.1, 0.15) is 26.2 Å². The topological polar surface area (TPSA) is 42.5 Å². The lowest BCUT2D eigenvalue weighted by molar-refractivity contribution is 0.248. The van der Waals surface area contributed by atoms with Crippen molar-refractivity contribution in [2.24, 2.45) is 0 Å². The molecular weight excluding hydrogens is 252 g/mol. The molecule has 0 saturated carbocycles. The van der Waals surface area contributed by atoms with Gasteiger partial charge < -0.3 is 19.5 Å². The minimum absolute atomic E-state index is 0.747. The molecule has 102 valence electrons. The van der Waals surface area contributed by atoms with Gasteiger partial charge in [0.25, 0.3) is 0 Å². The summed E-state index contributed by atoms with van der Waals surface area (Å²) in [6.45, 7) is 6.06. The van der Waals surface area contributed by atoms with Gasteiger partial charge in [-0.05, 0) is 37.7 Å². The van der Waals surface area contributed by atoms with E-state index in [9.17, 15) is 0 Å². The van der Waals surface area contributed by atoms with Crippen LogP contribution in [0.3, 0.4) is 0 Å². The van der Waals surface area contributed by atoms with Gasteiger partial charge in [-0.2, -0.15) is 0 Å². The Labute approximate surface area is 112 Å². The van der Waals surface area contributed by atoms with E-state index in [1.807, 2.05) is 0 Å². The van der Waals surface area contributed by atoms with Crippen molar-refractivity contribution >= 4 is 25.9 Å². The summed E-state index contributed by atoms with van der Waals surface area (Å²) in [5, 5.41) is 7.12. The van der Waals surface area contributed by atoms with Crippen molar-refractivity contribution in [3.8, 4) is 0 Å². The van der Waals surface area contributed by atoms with Crippen molar-refractivity contribution in [3.05, 3.63) is 0 Å². The molecule has 0 aliphatic heterocycles. The lowest BCUT2D eigenvalue weighted by atomic mass is 10.3. The summed E-state index contributed by atoms with van der Waals surface area (Å²) < 4.78 is 10.8. The third-order valence-corrected chi connectivity index (χ3v) is 6.05. The maximum absolute atomic E-state index is 5.41. The van der Waals surface area contributed by atoms with E-state index in [1.54, 1.807) is 14.2 Å². The molecule has 0 bridgehead atoms. The van der Waals surface area contributed by atoms with Crippen molar-refractivity contribution in [2.75, 3.05) is 27.3 Å². The zero-order valence-electron chi connectivity index (χ0n) is 11.5. The Morgan fingerprint density at radius 1 is 1.12 bits per heavy atom. The Morgan fingerprint density at radius 3 is 2.12 bits per heavy atom. The number of hydrogen-bond donors (Lipinski definition) is 2. The van der Waals surface area contributed by atoms with Crippen molar-refractivity contribution in [1.82, 2.24) is 10.6 Å². The predicted octanol–water partition coefficient (Wildman–Crippen LogP) is 2.01. The van der Waals surface area contributed by atoms with Gasteiger partial charge in [-0.15, -0.1) is 0 Å². The Morgan fingerprint density at radius 2 is 1.65 bits per heavy atom. The zero-order valence-corrected chi connectivity index (χ0v) is 13.3. The van der Waals surface area contributed by atoms with E-state index in [0.717, 1.165) is 37.1 Å². The quantitative estimate of drug-likeness (QED) is 0.384. The van der Waals surface area contributed by atoms with Crippen LogP contribution in [0.5, 0.6) is 0 Å². The standard InChI is InChI=1S/C11H26N2O2SSi/c1-5-6-8-12-11(16)13-9-7-10-17(4,14-2)15-3/h5-10H2,1-4H3,(H2,12,13,16). The fourth-order valence-electron chi connectivity index (χ4n) is 1.34. The molecular formula is C11H26N2O2SSi. The number of nitrogens with one attached hydrogen (secondary N) is 2. The minimum atomic E-state index is -1.90. The maximum Gasteiger partial charge on any atom is 0.334 e. The van der Waals surface area contributed by atoms with Crippen LogP contribution in [0.2, 0.25) is 12.6 Å². The molecule has 4 nitrogen and oxygen atoms in total. The molecule has 0 spiro atoms. The average molecular weight is 278 g/mol. The molecule has 0 aromatic heterocycles. The molecule has 0 aromatic carbocycles. The second kappa shape index (κ2) is 9.82. The molecule has 6 heteroatoms. The van der Waals surface area contributed by atoms with E-state index in [1.165, 1.54) is 6.42 Å². The van der Waals surface area contributed by atoms with Crippen LogP contribution in [-0.4, -0.2) is 41.0 Å². The predicted molar refractivity (Wildman–Crippen MR) is 78.6 cm³/mol. The summed E-state index contributed by atoms with van der Waals surface area (Å²) in [4.78, 5) is 0. The van der Waals surface area contributed by atoms with E-state index in [-0.39, 0.29) is 0 Å². The average Bonchev–Trinajstić information content (AvgIpc) is 2.35. The maximum atomic E-state index is 5.41. The van der Waals surface area contributed by atoms with Gasteiger partial charge in [0, 0.05) is 27.3 Å². The summed E-state index contributed by atoms with van der Waals surface area (Å²) in [5.74, 6) is 0. The van der Waals surface area contributed by atoms with Crippen LogP contribution in [0.25, 0.3) is 0 Å². The largest absolute Gasteiger partial charge is 0.398 e. The zero-order chi connectivity index (χ0) is 13.1. The van der Waals surface area contributed by atoms with E-state index in [4.69, 9.17) is 21.1 Å². The third kappa shape index (κ3) is 8.54. The van der Waals surface area contributed by atoms with E-state index in [2.05, 4.69) is 24.1 Å². The van der Waals surface area contributed by atoms with Gasteiger partial charge in [0.2, 0.25) is 0 Å². The first-order valence-corrected chi connectivity index (χ1v) is 9.13. The van der Waals surface area contributed by atoms with Crippen LogP contribution in [0.15, 0.2) is 0 Å². The number of hydrogen-bond acceptors (Lipinski definition) is 3. The van der Waals surface area contributed by atoms with Crippen molar-refractivity contribution < 1.29 is 8.85 Å². The van der Waals surface area contributed by atoms with Gasteiger partial charge in [0.05, 0.1) is 0 Å². The van der Waals surface area contributed by atoms with Gasteiger partial charge in [-0.1, -0.05) is 13.3 Å². The van der Waals surface area contributed by atoms with Crippen molar-refractivity contribution in [3.63, 3.8) is 0 Å². The van der Waals surface area contributed by atoms with Crippen LogP contribution >= 0.6 is 12.2 Å². The molecule has 0 saturated heterocycles. The highest BCUT2D eigenvalue weighted by molar-refractivity contribution is 7.80. The smallest absolute Gasteiger partial charge is 0.334 e. The normalized spacial score (nSPS) is 11.3. The number of thiocarbonyl (C=S) groups is 1. The summed E-state index contributed by atoms with van der Waals surface area (Å²) in [5.41, 5.74) is 0. The molecule has 0 fully saturated rings. The van der Waals surface area contributed by atoms with Crippen molar-refractivity contribution in [2.45, 2.75) is 38.8 Å². The fourth-order valence-corrected chi connectivity index (χ4v) is 2.94. The summed E-state index contributed by atoms with van der Waals surface area (Å²) in [6.07, 6.45) is 3.35. The van der Waals surface area contributed by atoms with E-state index >= 15 is 0 Å². The second-order valence-corrected chi connectivity index (χ2v) is 8.17. The first-order valence-electron chi connectivity index (χ1n) is 6.20. The monoisotopic (exact) mass is 278 g/mol. The third-order valence-electron chi connectivity index (χ3n) is 2.77. The highest BCUT2D eigenvalue weighted by atomic mass is 32.1. The van der Waals surface area contributed by atoms with Gasteiger partial charge in [-0.25, -0.2) is 0 Å². The fraction of sp³-hybridized carbons (Fsp3) is 0.909. The Bertz CT molecular complexity index is 214. The first kappa shape index (κ1) is 16.8. The lowest BCUT2D eigenvalue weighted by Crippen LogP contribution is -2.39. The van der Waals surface area contributed by atoms with Gasteiger partial charge >= 0.3 is 8.56 Å². The van der Waals surface area contributed by atoms with Gasteiger partial charge in [0.15, 0.2) is 5.11 Å². The van der Waals surface area contributed by atoms with Crippen LogP contribution in [0.4, 0.5) is 0 Å². The molecule has 0 rings (SSSR count). The number of rotatable bonds is 9. The molecule has 0 aliphatic rings. The Kier molecular flexibility index (Phi) is 9.72. The second-order valence-electron chi connectivity index (χ2n) is 4.18. The summed E-state index contributed by atoms with van der Waals surface area (Å²) in [7, 11) is 1.54. The number of unbranched alkanes of at least 4 members (excludes halogenated alkanes) is 1. The van der Waals surface area contributed by atoms with Gasteiger partial charge in [-0.3, -0.25) is 0 Å². The lowest BCUT2D eigenvalue weighted by Gasteiger charge is -2.22. The SMILES string of the molecule is CCCCNC(=S)NCCC[Si](C)(OC)OC. The molecule has 17 heavy (non-hydrogen) atoms. The van der Waals surface area contributed by atoms with E-state index in [0.29, 0.717) is 0 Å². The molecule has 0 radical (unpaired) electrons. The van der Waals surface area contributed by atoms with Crippen LogP contribution in [0, 0.1) is 0 Å². The van der Waals surface area contributed by atoms with Crippen LogP contribution in [-0.2, 0) is 8.85 Å². The highest BCUT2D eigenvalue weighted by Crippen LogP contribution is 2.12. The molecule has 0 aromatic rings. The molecule has 0 heterocycles. The molecule has 2 N–H and O–H groups in total. The molecule has 0 unspecified atom stereocenters. The first-order chi connectivity index (χ1) is 8.08. The van der Waals surface area contributed by atoms with Crippen molar-refractivity contribution in [1.29, 1.82) is 0 Å². The summed E-state index contributed by atoms with van der Waals surface area (Å²) >= 11 is 5.16. The Balaban J connectivity index is 3.53. The molecule has 0 atom stereocenters. The van der Waals surface area contributed by atoms with Gasteiger partial charge in [0.1, 0.15) is 0 Å². The van der Waals surface area contributed by atoms with Crippen LogP contribution < -0.4 is 10.6 Å². The summed E-state index contributed by atoms with van der Waals surface area (Å²) in [6, 6.07) is 0.977. The minimum Gasteiger partial charge on any atom is -0.398 e. The highest BCUT2D eigenvalue weighted by Gasteiger charge is 2.27. The molecule has 0 amide bonds.